The van der Waals surface area contributed by atoms with Crippen molar-refractivity contribution < 1.29 is 14.4 Å². The van der Waals surface area contributed by atoms with Crippen molar-refractivity contribution in [2.45, 2.75) is 18.9 Å². The minimum atomic E-state index is -0.214. The molecule has 0 unspecified atom stereocenters. The highest BCUT2D eigenvalue weighted by atomic mass is 16.2. The molecular formula is C20H18N2O3. The molecule has 0 aliphatic carbocycles. The zero-order chi connectivity index (χ0) is 17.4. The Morgan fingerprint density at radius 1 is 0.800 bits per heavy atom. The molecule has 2 aromatic carbocycles. The Kier molecular flexibility index (Phi) is 3.84. The summed E-state index contributed by atoms with van der Waals surface area (Å²) in [6.45, 7) is 1.09. The molecule has 0 saturated carbocycles. The predicted octanol–water partition coefficient (Wildman–Crippen LogP) is 2.59. The number of piperidine rings is 1. The van der Waals surface area contributed by atoms with Gasteiger partial charge in [0.25, 0.3) is 17.7 Å². The van der Waals surface area contributed by atoms with Gasteiger partial charge in [-0.1, -0.05) is 30.3 Å². The lowest BCUT2D eigenvalue weighted by molar-refractivity contribution is 0.0479. The molecule has 25 heavy (non-hydrogen) atoms. The van der Waals surface area contributed by atoms with E-state index in [1.807, 2.05) is 18.2 Å². The van der Waals surface area contributed by atoms with Gasteiger partial charge in [-0.25, -0.2) is 0 Å². The summed E-state index contributed by atoms with van der Waals surface area (Å²) in [5.41, 5.74) is 1.63. The van der Waals surface area contributed by atoms with Crippen LogP contribution in [0, 0.1) is 0 Å². The van der Waals surface area contributed by atoms with Crippen molar-refractivity contribution in [3.63, 3.8) is 0 Å². The molecule has 2 heterocycles. The summed E-state index contributed by atoms with van der Waals surface area (Å²) in [5, 5.41) is 0. The summed E-state index contributed by atoms with van der Waals surface area (Å²) in [6.07, 6.45) is 1.23. The minimum Gasteiger partial charge on any atom is -0.338 e. The van der Waals surface area contributed by atoms with Gasteiger partial charge < -0.3 is 4.90 Å². The van der Waals surface area contributed by atoms with E-state index >= 15 is 0 Å². The van der Waals surface area contributed by atoms with Crippen LogP contribution in [0.4, 0.5) is 0 Å². The summed E-state index contributed by atoms with van der Waals surface area (Å²) < 4.78 is 0. The number of hydrogen-bond acceptors (Lipinski definition) is 3. The molecule has 0 bridgehead atoms. The van der Waals surface area contributed by atoms with Crippen LogP contribution in [0.2, 0.25) is 0 Å². The first-order valence-corrected chi connectivity index (χ1v) is 8.48. The average Bonchev–Trinajstić information content (AvgIpc) is 2.93. The number of carbonyl (C=O) groups excluding carboxylic acids is 3. The SMILES string of the molecule is O=C(c1ccccc1)N1CCC(N2C(=O)c3ccccc3C2=O)CC1. The fourth-order valence-electron chi connectivity index (χ4n) is 3.63. The highest BCUT2D eigenvalue weighted by molar-refractivity contribution is 6.21. The van der Waals surface area contributed by atoms with Crippen LogP contribution in [0.15, 0.2) is 54.6 Å². The molecule has 4 rings (SSSR count). The van der Waals surface area contributed by atoms with E-state index in [1.54, 1.807) is 41.3 Å². The molecule has 0 spiro atoms. The van der Waals surface area contributed by atoms with Gasteiger partial charge in [-0.15, -0.1) is 0 Å². The first kappa shape index (κ1) is 15.6. The Labute approximate surface area is 145 Å². The largest absolute Gasteiger partial charge is 0.338 e. The predicted molar refractivity (Wildman–Crippen MR) is 92.3 cm³/mol. The van der Waals surface area contributed by atoms with E-state index < -0.39 is 0 Å². The second kappa shape index (κ2) is 6.16. The zero-order valence-corrected chi connectivity index (χ0v) is 13.7. The van der Waals surface area contributed by atoms with Gasteiger partial charge in [-0.2, -0.15) is 0 Å². The van der Waals surface area contributed by atoms with Crippen LogP contribution in [0.1, 0.15) is 43.9 Å². The van der Waals surface area contributed by atoms with Gasteiger partial charge in [-0.3, -0.25) is 19.3 Å². The molecule has 0 radical (unpaired) electrons. The third kappa shape index (κ3) is 2.61. The van der Waals surface area contributed by atoms with Gasteiger partial charge in [0.05, 0.1) is 11.1 Å². The standard InChI is InChI=1S/C20H18N2O3/c23-18(14-6-2-1-3-7-14)21-12-10-15(11-13-21)22-19(24)16-8-4-5-9-17(16)20(22)25/h1-9,15H,10-13H2. The smallest absolute Gasteiger partial charge is 0.261 e. The van der Waals surface area contributed by atoms with Gasteiger partial charge in [0.2, 0.25) is 0 Å². The van der Waals surface area contributed by atoms with E-state index in [2.05, 4.69) is 0 Å². The second-order valence-corrected chi connectivity index (χ2v) is 6.42. The molecule has 5 nitrogen and oxygen atoms in total. The summed E-state index contributed by atoms with van der Waals surface area (Å²) in [6, 6.07) is 16.0. The van der Waals surface area contributed by atoms with E-state index in [4.69, 9.17) is 0 Å². The first-order valence-electron chi connectivity index (χ1n) is 8.48. The fraction of sp³-hybridized carbons (Fsp3) is 0.250. The highest BCUT2D eigenvalue weighted by Gasteiger charge is 2.41. The molecule has 0 atom stereocenters. The lowest BCUT2D eigenvalue weighted by atomic mass is 10.0. The number of benzene rings is 2. The van der Waals surface area contributed by atoms with Crippen molar-refractivity contribution >= 4 is 17.7 Å². The summed E-state index contributed by atoms with van der Waals surface area (Å²) in [7, 11) is 0. The van der Waals surface area contributed by atoms with Crippen LogP contribution in [-0.2, 0) is 0 Å². The quantitative estimate of drug-likeness (QED) is 0.793. The van der Waals surface area contributed by atoms with Gasteiger partial charge >= 0.3 is 0 Å². The zero-order valence-electron chi connectivity index (χ0n) is 13.7. The average molecular weight is 334 g/mol. The van der Waals surface area contributed by atoms with E-state index in [9.17, 15) is 14.4 Å². The van der Waals surface area contributed by atoms with E-state index in [1.165, 1.54) is 4.90 Å². The van der Waals surface area contributed by atoms with Crippen molar-refractivity contribution in [3.05, 3.63) is 71.3 Å². The number of amides is 3. The van der Waals surface area contributed by atoms with Crippen molar-refractivity contribution in [2.24, 2.45) is 0 Å². The Balaban J connectivity index is 1.46. The van der Waals surface area contributed by atoms with Crippen LogP contribution >= 0.6 is 0 Å². The lowest BCUT2D eigenvalue weighted by Gasteiger charge is -2.35. The molecule has 2 aliphatic heterocycles. The number of nitrogens with zero attached hydrogens (tertiary/aromatic N) is 2. The fourth-order valence-corrected chi connectivity index (χ4v) is 3.63. The maximum atomic E-state index is 12.6. The maximum Gasteiger partial charge on any atom is 0.261 e. The molecule has 2 aromatic rings. The van der Waals surface area contributed by atoms with Crippen LogP contribution < -0.4 is 0 Å². The number of carbonyl (C=O) groups is 3. The number of fused-ring (bicyclic) bond motifs is 1. The lowest BCUT2D eigenvalue weighted by Crippen LogP contribution is -2.48. The third-order valence-electron chi connectivity index (χ3n) is 4.96. The number of likely N-dealkylation sites (tertiary alicyclic amines) is 1. The van der Waals surface area contributed by atoms with Crippen molar-refractivity contribution in [1.82, 2.24) is 9.80 Å². The van der Waals surface area contributed by atoms with Gasteiger partial charge in [0, 0.05) is 24.7 Å². The van der Waals surface area contributed by atoms with Crippen molar-refractivity contribution in [2.75, 3.05) is 13.1 Å². The van der Waals surface area contributed by atoms with E-state index in [0.29, 0.717) is 42.6 Å². The third-order valence-corrected chi connectivity index (χ3v) is 4.96. The van der Waals surface area contributed by atoms with Crippen molar-refractivity contribution in [1.29, 1.82) is 0 Å². The minimum absolute atomic E-state index is 0.00131. The molecule has 0 aromatic heterocycles. The molecule has 1 saturated heterocycles. The Hall–Kier alpha value is -2.95. The first-order chi connectivity index (χ1) is 12.2. The molecule has 126 valence electrons. The molecule has 0 N–H and O–H groups in total. The summed E-state index contributed by atoms with van der Waals surface area (Å²) in [5.74, 6) is -0.428. The van der Waals surface area contributed by atoms with Crippen LogP contribution in [-0.4, -0.2) is 46.7 Å². The van der Waals surface area contributed by atoms with E-state index in [0.717, 1.165) is 0 Å². The molecular weight excluding hydrogens is 316 g/mol. The Morgan fingerprint density at radius 3 is 1.88 bits per heavy atom. The number of imide groups is 1. The Bertz CT molecular complexity index is 804. The van der Waals surface area contributed by atoms with Gasteiger partial charge in [0.15, 0.2) is 0 Å². The molecule has 5 heteroatoms. The molecule has 1 fully saturated rings. The van der Waals surface area contributed by atoms with E-state index in [-0.39, 0.29) is 23.8 Å². The van der Waals surface area contributed by atoms with Crippen molar-refractivity contribution in [3.8, 4) is 0 Å². The normalized spacial score (nSPS) is 17.8. The van der Waals surface area contributed by atoms with Gasteiger partial charge in [-0.05, 0) is 37.1 Å². The van der Waals surface area contributed by atoms with Gasteiger partial charge in [0.1, 0.15) is 0 Å². The summed E-state index contributed by atoms with van der Waals surface area (Å²) >= 11 is 0. The highest BCUT2D eigenvalue weighted by Crippen LogP contribution is 2.28. The second-order valence-electron chi connectivity index (χ2n) is 6.42. The number of rotatable bonds is 2. The monoisotopic (exact) mass is 334 g/mol. The summed E-state index contributed by atoms with van der Waals surface area (Å²) in [4.78, 5) is 40.8. The maximum absolute atomic E-state index is 12.6. The molecule has 2 aliphatic rings. The van der Waals surface area contributed by atoms with Crippen LogP contribution in [0.25, 0.3) is 0 Å². The van der Waals surface area contributed by atoms with Crippen LogP contribution in [0.3, 0.4) is 0 Å². The molecule has 3 amide bonds. The van der Waals surface area contributed by atoms with Crippen LogP contribution in [0.5, 0.6) is 0 Å². The Morgan fingerprint density at radius 2 is 1.32 bits per heavy atom. The number of hydrogen-bond donors (Lipinski definition) is 0. The topological polar surface area (TPSA) is 57.7 Å².